The fourth-order valence-electron chi connectivity index (χ4n) is 2.24. The third-order valence-electron chi connectivity index (χ3n) is 3.46. The molecule has 0 spiro atoms. The maximum absolute atomic E-state index is 12.4. The number of nitrogens with zero attached hydrogens (tertiary/aromatic N) is 2. The molecule has 8 heteroatoms. The van der Waals surface area contributed by atoms with E-state index in [1.54, 1.807) is 6.07 Å². The van der Waals surface area contributed by atoms with Crippen LogP contribution in [0.25, 0.3) is 0 Å². The highest BCUT2D eigenvalue weighted by Crippen LogP contribution is 2.25. The van der Waals surface area contributed by atoms with Crippen LogP contribution in [0.1, 0.15) is 10.4 Å². The Hall–Kier alpha value is -3.16. The standard InChI is InChI=1S/C16H16N2O6/c1-4-7-17-14(20)15(21)18(16(17)22)9-12(19)11-6-5-10(23-2)8-13(11)24-3/h4-6,8H,1,7,9H2,2-3H3. The van der Waals surface area contributed by atoms with Crippen molar-refractivity contribution in [3.8, 4) is 11.5 Å². The van der Waals surface area contributed by atoms with Gasteiger partial charge in [-0.15, -0.1) is 6.58 Å². The number of urea groups is 1. The smallest absolute Gasteiger partial charge is 0.334 e. The number of rotatable bonds is 7. The molecule has 0 N–H and O–H groups in total. The van der Waals surface area contributed by atoms with Crippen LogP contribution in [0.3, 0.4) is 0 Å². The van der Waals surface area contributed by atoms with Crippen LogP contribution in [0, 0.1) is 0 Å². The molecule has 1 aromatic rings. The van der Waals surface area contributed by atoms with Crippen molar-refractivity contribution in [1.29, 1.82) is 0 Å². The first-order valence-corrected chi connectivity index (χ1v) is 6.98. The molecular weight excluding hydrogens is 316 g/mol. The minimum Gasteiger partial charge on any atom is -0.497 e. The van der Waals surface area contributed by atoms with Crippen LogP contribution >= 0.6 is 0 Å². The van der Waals surface area contributed by atoms with Gasteiger partial charge in [-0.1, -0.05) is 6.08 Å². The molecular formula is C16H16N2O6. The lowest BCUT2D eigenvalue weighted by atomic mass is 10.1. The molecule has 1 heterocycles. The van der Waals surface area contributed by atoms with E-state index in [0.717, 1.165) is 4.90 Å². The topological polar surface area (TPSA) is 93.2 Å². The van der Waals surface area contributed by atoms with Crippen LogP contribution in [0.5, 0.6) is 11.5 Å². The Morgan fingerprint density at radius 2 is 1.79 bits per heavy atom. The quantitative estimate of drug-likeness (QED) is 0.318. The molecule has 1 fully saturated rings. The third-order valence-corrected chi connectivity index (χ3v) is 3.46. The molecule has 4 amide bonds. The summed E-state index contributed by atoms with van der Waals surface area (Å²) in [5.41, 5.74) is 0.175. The molecule has 126 valence electrons. The molecule has 2 rings (SSSR count). The van der Waals surface area contributed by atoms with Gasteiger partial charge in [0.2, 0.25) is 0 Å². The van der Waals surface area contributed by atoms with Crippen LogP contribution < -0.4 is 9.47 Å². The van der Waals surface area contributed by atoms with Gasteiger partial charge in [-0.05, 0) is 12.1 Å². The zero-order chi connectivity index (χ0) is 17.9. The fraction of sp³-hybridized carbons (Fsp3) is 0.250. The predicted molar refractivity (Wildman–Crippen MR) is 82.9 cm³/mol. The van der Waals surface area contributed by atoms with Crippen LogP contribution in [-0.2, 0) is 9.59 Å². The second-order valence-corrected chi connectivity index (χ2v) is 4.87. The second-order valence-electron chi connectivity index (χ2n) is 4.87. The van der Waals surface area contributed by atoms with Crippen LogP contribution in [0.15, 0.2) is 30.9 Å². The van der Waals surface area contributed by atoms with Gasteiger partial charge in [-0.25, -0.2) is 9.69 Å². The average Bonchev–Trinajstić information content (AvgIpc) is 2.79. The highest BCUT2D eigenvalue weighted by molar-refractivity contribution is 6.45. The van der Waals surface area contributed by atoms with E-state index in [2.05, 4.69) is 6.58 Å². The number of hydrogen-bond acceptors (Lipinski definition) is 6. The van der Waals surface area contributed by atoms with Gasteiger partial charge in [0.25, 0.3) is 0 Å². The lowest BCUT2D eigenvalue weighted by Crippen LogP contribution is -2.37. The Labute approximate surface area is 138 Å². The van der Waals surface area contributed by atoms with Crippen molar-refractivity contribution in [3.05, 3.63) is 36.4 Å². The van der Waals surface area contributed by atoms with Crippen LogP contribution in [-0.4, -0.2) is 60.7 Å². The lowest BCUT2D eigenvalue weighted by molar-refractivity contribution is -0.142. The summed E-state index contributed by atoms with van der Waals surface area (Å²) in [7, 11) is 2.85. The number of Topliss-reactive ketones (excluding diaryl/α,β-unsaturated/α-hetero) is 1. The molecule has 1 aliphatic rings. The van der Waals surface area contributed by atoms with Gasteiger partial charge in [-0.3, -0.25) is 19.3 Å². The number of ether oxygens (including phenoxy) is 2. The van der Waals surface area contributed by atoms with E-state index in [-0.39, 0.29) is 17.9 Å². The fourth-order valence-corrected chi connectivity index (χ4v) is 2.24. The van der Waals surface area contributed by atoms with Gasteiger partial charge in [0, 0.05) is 12.6 Å². The monoisotopic (exact) mass is 332 g/mol. The molecule has 0 radical (unpaired) electrons. The van der Waals surface area contributed by atoms with Gasteiger partial charge in [-0.2, -0.15) is 0 Å². The number of carbonyl (C=O) groups excluding carboxylic acids is 4. The van der Waals surface area contributed by atoms with E-state index >= 15 is 0 Å². The van der Waals surface area contributed by atoms with E-state index in [1.165, 1.54) is 32.4 Å². The SMILES string of the molecule is C=CCN1C(=O)C(=O)N(CC(=O)c2ccc(OC)cc2OC)C1=O. The lowest BCUT2D eigenvalue weighted by Gasteiger charge is -2.15. The summed E-state index contributed by atoms with van der Waals surface area (Å²) in [5.74, 6) is -1.82. The van der Waals surface area contributed by atoms with E-state index in [1.807, 2.05) is 0 Å². The number of hydrogen-bond donors (Lipinski definition) is 0. The maximum Gasteiger partial charge on any atom is 0.334 e. The normalized spacial score (nSPS) is 14.2. The van der Waals surface area contributed by atoms with E-state index < -0.39 is 30.2 Å². The van der Waals surface area contributed by atoms with Crippen molar-refractivity contribution >= 4 is 23.6 Å². The van der Waals surface area contributed by atoms with Crippen LogP contribution in [0.2, 0.25) is 0 Å². The molecule has 0 atom stereocenters. The van der Waals surface area contributed by atoms with Gasteiger partial charge < -0.3 is 9.47 Å². The molecule has 0 aromatic heterocycles. The van der Waals surface area contributed by atoms with Crippen LogP contribution in [0.4, 0.5) is 4.79 Å². The molecule has 8 nitrogen and oxygen atoms in total. The van der Waals surface area contributed by atoms with Gasteiger partial charge in [0.15, 0.2) is 5.78 Å². The third kappa shape index (κ3) is 2.98. The van der Waals surface area contributed by atoms with E-state index in [4.69, 9.17) is 9.47 Å². The molecule has 1 aliphatic heterocycles. The Morgan fingerprint density at radius 3 is 2.38 bits per heavy atom. The second kappa shape index (κ2) is 6.95. The zero-order valence-corrected chi connectivity index (χ0v) is 13.3. The Kier molecular flexibility index (Phi) is 4.98. The van der Waals surface area contributed by atoms with Crippen molar-refractivity contribution in [2.24, 2.45) is 0 Å². The number of carbonyl (C=O) groups is 4. The Balaban J connectivity index is 2.24. The average molecular weight is 332 g/mol. The van der Waals surface area contributed by atoms with Crippen molar-refractivity contribution in [3.63, 3.8) is 0 Å². The Morgan fingerprint density at radius 1 is 1.12 bits per heavy atom. The van der Waals surface area contributed by atoms with Crippen molar-refractivity contribution < 1.29 is 28.7 Å². The zero-order valence-electron chi connectivity index (χ0n) is 13.3. The summed E-state index contributed by atoms with van der Waals surface area (Å²) < 4.78 is 10.2. The molecule has 1 saturated heterocycles. The summed E-state index contributed by atoms with van der Waals surface area (Å²) in [6.07, 6.45) is 1.32. The van der Waals surface area contributed by atoms with Gasteiger partial charge in [0.1, 0.15) is 11.5 Å². The number of imide groups is 2. The number of methoxy groups -OCH3 is 2. The summed E-state index contributed by atoms with van der Waals surface area (Å²) in [6, 6.07) is 3.69. The first kappa shape index (κ1) is 17.2. The minimum absolute atomic E-state index is 0.0973. The molecule has 0 saturated carbocycles. The summed E-state index contributed by atoms with van der Waals surface area (Å²) in [5, 5.41) is 0. The number of ketones is 1. The number of benzene rings is 1. The molecule has 0 aliphatic carbocycles. The summed E-state index contributed by atoms with van der Waals surface area (Å²) in [4.78, 5) is 49.5. The van der Waals surface area contributed by atoms with E-state index in [9.17, 15) is 19.2 Å². The molecule has 0 unspecified atom stereocenters. The molecule has 0 bridgehead atoms. The first-order valence-electron chi connectivity index (χ1n) is 6.98. The summed E-state index contributed by atoms with van der Waals surface area (Å²) in [6.45, 7) is 2.77. The molecule has 1 aromatic carbocycles. The highest BCUT2D eigenvalue weighted by Gasteiger charge is 2.44. The summed E-state index contributed by atoms with van der Waals surface area (Å²) >= 11 is 0. The predicted octanol–water partition coefficient (Wildman–Crippen LogP) is 0.863. The minimum atomic E-state index is -1.04. The highest BCUT2D eigenvalue weighted by atomic mass is 16.5. The van der Waals surface area contributed by atoms with Crippen molar-refractivity contribution in [2.75, 3.05) is 27.3 Å². The van der Waals surface area contributed by atoms with Gasteiger partial charge in [0.05, 0.1) is 26.3 Å². The van der Waals surface area contributed by atoms with Crippen molar-refractivity contribution in [1.82, 2.24) is 9.80 Å². The van der Waals surface area contributed by atoms with E-state index in [0.29, 0.717) is 10.6 Å². The largest absolute Gasteiger partial charge is 0.497 e. The van der Waals surface area contributed by atoms with Crippen molar-refractivity contribution in [2.45, 2.75) is 0 Å². The van der Waals surface area contributed by atoms with Gasteiger partial charge >= 0.3 is 17.8 Å². The number of amides is 4. The first-order chi connectivity index (χ1) is 11.4. The molecule has 24 heavy (non-hydrogen) atoms. The maximum atomic E-state index is 12.4. The Bertz CT molecular complexity index is 727.